The number of aliphatic hydroxyl groups excluding tert-OH is 1. The van der Waals surface area contributed by atoms with Crippen molar-refractivity contribution in [3.63, 3.8) is 0 Å². The van der Waals surface area contributed by atoms with Crippen LogP contribution in [0.1, 0.15) is 27.2 Å². The lowest BCUT2D eigenvalue weighted by atomic mass is 9.87. The van der Waals surface area contributed by atoms with Crippen LogP contribution in [0.4, 0.5) is 0 Å². The molecule has 0 aliphatic carbocycles. The summed E-state index contributed by atoms with van der Waals surface area (Å²) in [5.41, 5.74) is -0.208. The van der Waals surface area contributed by atoms with Crippen LogP contribution in [0.25, 0.3) is 0 Å². The van der Waals surface area contributed by atoms with E-state index in [1.165, 1.54) is 0 Å². The van der Waals surface area contributed by atoms with E-state index in [4.69, 9.17) is 0 Å². The second kappa shape index (κ2) is 5.44. The Labute approximate surface area is 94.3 Å². The third-order valence-corrected chi connectivity index (χ3v) is 4.62. The lowest BCUT2D eigenvalue weighted by Crippen LogP contribution is -2.32. The van der Waals surface area contributed by atoms with Gasteiger partial charge in [0.2, 0.25) is 10.0 Å². The van der Waals surface area contributed by atoms with Gasteiger partial charge in [-0.2, -0.15) is 0 Å². The van der Waals surface area contributed by atoms with Gasteiger partial charge in [-0.15, -0.1) is 0 Å². The molecule has 1 unspecified atom stereocenters. The van der Waals surface area contributed by atoms with Crippen LogP contribution in [-0.2, 0) is 10.0 Å². The van der Waals surface area contributed by atoms with Crippen LogP contribution in [0.3, 0.4) is 0 Å². The van der Waals surface area contributed by atoms with Crippen LogP contribution in [0.15, 0.2) is 0 Å². The van der Waals surface area contributed by atoms with E-state index in [-0.39, 0.29) is 16.6 Å². The summed E-state index contributed by atoms with van der Waals surface area (Å²) in [6.07, 6.45) is -0.0732. The highest BCUT2D eigenvalue weighted by molar-refractivity contribution is 9.10. The Morgan fingerprint density at radius 2 is 1.93 bits per heavy atom. The quantitative estimate of drug-likeness (QED) is 0.743. The Morgan fingerprint density at radius 1 is 1.43 bits per heavy atom. The summed E-state index contributed by atoms with van der Waals surface area (Å²) < 4.78 is 24.3. The maximum Gasteiger partial charge on any atom is 0.221 e. The number of nitrogens with one attached hydrogen (secondary N) is 1. The molecule has 0 aliphatic heterocycles. The molecule has 14 heavy (non-hydrogen) atoms. The maximum absolute atomic E-state index is 11.0. The molecule has 0 saturated heterocycles. The van der Waals surface area contributed by atoms with E-state index >= 15 is 0 Å². The molecule has 86 valence electrons. The third-order valence-electron chi connectivity index (χ3n) is 1.88. The average Bonchev–Trinajstić information content (AvgIpc) is 2.02. The van der Waals surface area contributed by atoms with E-state index < -0.39 is 16.1 Å². The number of aliphatic hydroxyl groups is 1. The van der Waals surface area contributed by atoms with Gasteiger partial charge < -0.3 is 5.11 Å². The summed E-state index contributed by atoms with van der Waals surface area (Å²) in [4.78, 5) is 0. The van der Waals surface area contributed by atoms with Gasteiger partial charge in [-0.05, 0) is 11.8 Å². The van der Waals surface area contributed by atoms with Gasteiger partial charge in [0.05, 0.1) is 6.10 Å². The topological polar surface area (TPSA) is 66.4 Å². The van der Waals surface area contributed by atoms with Crippen molar-refractivity contribution in [3.8, 4) is 0 Å². The molecule has 0 amide bonds. The van der Waals surface area contributed by atoms with Crippen LogP contribution in [0.2, 0.25) is 0 Å². The normalized spacial score (nSPS) is 15.5. The van der Waals surface area contributed by atoms with Gasteiger partial charge in [0.15, 0.2) is 0 Å². The highest BCUT2D eigenvalue weighted by Gasteiger charge is 2.21. The van der Waals surface area contributed by atoms with Crippen molar-refractivity contribution in [1.29, 1.82) is 0 Å². The minimum Gasteiger partial charge on any atom is -0.393 e. The zero-order chi connectivity index (χ0) is 11.4. The summed E-state index contributed by atoms with van der Waals surface area (Å²) in [7, 11) is -3.21. The Bertz CT molecular complexity index is 258. The predicted molar refractivity (Wildman–Crippen MR) is 60.8 cm³/mol. The molecule has 0 aromatic rings. The van der Waals surface area contributed by atoms with Gasteiger partial charge in [0, 0.05) is 6.54 Å². The van der Waals surface area contributed by atoms with E-state index in [1.54, 1.807) is 0 Å². The summed E-state index contributed by atoms with van der Waals surface area (Å²) in [6.45, 7) is 6.01. The molecule has 6 heteroatoms. The number of rotatable bonds is 5. The summed E-state index contributed by atoms with van der Waals surface area (Å²) in [5, 5.41) is 9.61. The second-order valence-electron chi connectivity index (χ2n) is 4.29. The van der Waals surface area contributed by atoms with Gasteiger partial charge in [-0.1, -0.05) is 36.7 Å². The van der Waals surface area contributed by atoms with Crippen molar-refractivity contribution in [2.24, 2.45) is 5.41 Å². The molecule has 0 radical (unpaired) electrons. The van der Waals surface area contributed by atoms with Crippen LogP contribution < -0.4 is 4.72 Å². The Kier molecular flexibility index (Phi) is 5.57. The molecule has 0 aromatic heterocycles. The van der Waals surface area contributed by atoms with E-state index in [1.807, 2.05) is 20.8 Å². The first-order valence-electron chi connectivity index (χ1n) is 4.40. The fourth-order valence-electron chi connectivity index (χ4n) is 0.823. The first kappa shape index (κ1) is 14.3. The summed E-state index contributed by atoms with van der Waals surface area (Å²) in [5.74, 6) is 0. The smallest absolute Gasteiger partial charge is 0.221 e. The molecule has 0 fully saturated rings. The van der Waals surface area contributed by atoms with E-state index in [2.05, 4.69) is 20.7 Å². The molecule has 0 aliphatic rings. The van der Waals surface area contributed by atoms with Gasteiger partial charge >= 0.3 is 0 Å². The van der Waals surface area contributed by atoms with E-state index in [0.717, 1.165) is 0 Å². The molecule has 0 rings (SSSR count). The Hall–Kier alpha value is 0.350. The third kappa shape index (κ3) is 5.95. The minimum absolute atomic E-state index is 0.106. The van der Waals surface area contributed by atoms with Gasteiger partial charge in [0.25, 0.3) is 0 Å². The molecule has 0 bridgehead atoms. The number of halogens is 1. The van der Waals surface area contributed by atoms with Crippen molar-refractivity contribution < 1.29 is 13.5 Å². The summed E-state index contributed by atoms with van der Waals surface area (Å²) >= 11 is 2.86. The van der Waals surface area contributed by atoms with Gasteiger partial charge in [0.1, 0.15) is 4.66 Å². The molecular formula is C8H18BrNO3S. The van der Waals surface area contributed by atoms with E-state index in [9.17, 15) is 13.5 Å². The van der Waals surface area contributed by atoms with Crippen molar-refractivity contribution in [1.82, 2.24) is 4.72 Å². The van der Waals surface area contributed by atoms with Crippen LogP contribution in [0, 0.1) is 5.41 Å². The highest BCUT2D eigenvalue weighted by Crippen LogP contribution is 2.20. The van der Waals surface area contributed by atoms with Crippen molar-refractivity contribution in [2.75, 3.05) is 11.2 Å². The SMILES string of the molecule is CC(C)(C)C(O)CCNS(=O)(=O)CBr. The predicted octanol–water partition coefficient (Wildman–Crippen LogP) is 1.06. The molecule has 1 atom stereocenters. The fraction of sp³-hybridized carbons (Fsp3) is 1.00. The first-order chi connectivity index (χ1) is 6.19. The molecule has 2 N–H and O–H groups in total. The number of sulfonamides is 1. The molecule has 0 heterocycles. The Balaban J connectivity index is 3.87. The molecule has 0 aromatic carbocycles. The Morgan fingerprint density at radius 3 is 2.29 bits per heavy atom. The van der Waals surface area contributed by atoms with Crippen LogP contribution >= 0.6 is 15.9 Å². The van der Waals surface area contributed by atoms with Gasteiger partial charge in [-0.3, -0.25) is 0 Å². The minimum atomic E-state index is -3.21. The van der Waals surface area contributed by atoms with Crippen LogP contribution in [-0.4, -0.2) is 30.8 Å². The van der Waals surface area contributed by atoms with Crippen molar-refractivity contribution in [2.45, 2.75) is 33.3 Å². The molecular weight excluding hydrogens is 270 g/mol. The fourth-order valence-corrected chi connectivity index (χ4v) is 1.81. The van der Waals surface area contributed by atoms with Crippen molar-refractivity contribution in [3.05, 3.63) is 0 Å². The number of hydrogen-bond acceptors (Lipinski definition) is 3. The summed E-state index contributed by atoms with van der Waals surface area (Å²) in [6, 6.07) is 0. The van der Waals surface area contributed by atoms with Crippen molar-refractivity contribution >= 4 is 26.0 Å². The first-order valence-corrected chi connectivity index (χ1v) is 7.18. The maximum atomic E-state index is 11.0. The van der Waals surface area contributed by atoms with Crippen LogP contribution in [0.5, 0.6) is 0 Å². The molecule has 0 saturated carbocycles. The van der Waals surface area contributed by atoms with Gasteiger partial charge in [-0.25, -0.2) is 13.1 Å². The zero-order valence-corrected chi connectivity index (χ0v) is 11.2. The largest absolute Gasteiger partial charge is 0.393 e. The van der Waals surface area contributed by atoms with E-state index in [0.29, 0.717) is 6.42 Å². The molecule has 4 nitrogen and oxygen atoms in total. The highest BCUT2D eigenvalue weighted by atomic mass is 79.9. The second-order valence-corrected chi connectivity index (χ2v) is 7.40. The monoisotopic (exact) mass is 287 g/mol. The molecule has 0 spiro atoms. The zero-order valence-electron chi connectivity index (χ0n) is 8.75. The lowest BCUT2D eigenvalue weighted by molar-refractivity contribution is 0.0571. The standard InChI is InChI=1S/C8H18BrNO3S/c1-8(2,3)7(11)4-5-10-14(12,13)6-9/h7,10-11H,4-6H2,1-3H3. The lowest BCUT2D eigenvalue weighted by Gasteiger charge is -2.25. The number of hydrogen-bond donors (Lipinski definition) is 2. The average molecular weight is 288 g/mol. The number of alkyl halides is 1.